The van der Waals surface area contributed by atoms with E-state index >= 15 is 0 Å². The minimum Gasteiger partial charge on any atom is -0.390 e. The van der Waals surface area contributed by atoms with Crippen molar-refractivity contribution in [1.29, 1.82) is 0 Å². The molecule has 2 rings (SSSR count). The third kappa shape index (κ3) is 3.87. The summed E-state index contributed by atoms with van der Waals surface area (Å²) in [6.45, 7) is 5.13. The first-order chi connectivity index (χ1) is 9.97. The van der Waals surface area contributed by atoms with Gasteiger partial charge in [-0.25, -0.2) is 13.1 Å². The van der Waals surface area contributed by atoms with Gasteiger partial charge in [-0.05, 0) is 31.2 Å². The van der Waals surface area contributed by atoms with Crippen LogP contribution in [0.2, 0.25) is 0 Å². The van der Waals surface area contributed by atoms with Crippen LogP contribution in [0.15, 0.2) is 17.2 Å². The number of hydrogen-bond acceptors (Lipinski definition) is 3. The molecule has 1 saturated carbocycles. The second kappa shape index (κ2) is 6.94. The number of hydrogen-bond donors (Lipinski definition) is 2. The van der Waals surface area contributed by atoms with E-state index in [-0.39, 0.29) is 11.5 Å². The lowest BCUT2D eigenvalue weighted by Gasteiger charge is -2.28. The predicted octanol–water partition coefficient (Wildman–Crippen LogP) is 2.10. The molecule has 21 heavy (non-hydrogen) atoms. The molecular formula is C15H26N2O3S. The van der Waals surface area contributed by atoms with Crippen molar-refractivity contribution in [3.05, 3.63) is 18.0 Å². The van der Waals surface area contributed by atoms with Gasteiger partial charge in [0.1, 0.15) is 0 Å². The molecule has 0 saturated heterocycles. The summed E-state index contributed by atoms with van der Waals surface area (Å²) in [5, 5.41) is 9.26. The van der Waals surface area contributed by atoms with Crippen molar-refractivity contribution < 1.29 is 13.5 Å². The van der Waals surface area contributed by atoms with Crippen LogP contribution in [0, 0.1) is 11.8 Å². The van der Waals surface area contributed by atoms with Crippen LogP contribution in [-0.2, 0) is 23.2 Å². The highest BCUT2D eigenvalue weighted by atomic mass is 32.2. The first kappa shape index (κ1) is 16.5. The van der Waals surface area contributed by atoms with Crippen LogP contribution >= 0.6 is 0 Å². The zero-order valence-electron chi connectivity index (χ0n) is 12.9. The quantitative estimate of drug-likeness (QED) is 0.845. The van der Waals surface area contributed by atoms with E-state index < -0.39 is 10.0 Å². The standard InChI is InChI=1S/C15H26N2O3S/c1-3-17-10-15(8-14(17)11-18)21(19,20)16-9-13-7-5-4-6-12(13)2/h8,10,12-13,16,18H,3-7,9,11H2,1-2H3. The summed E-state index contributed by atoms with van der Waals surface area (Å²) in [5.41, 5.74) is 0.629. The van der Waals surface area contributed by atoms with Crippen LogP contribution < -0.4 is 4.72 Å². The van der Waals surface area contributed by atoms with Crippen molar-refractivity contribution >= 4 is 10.0 Å². The Morgan fingerprint density at radius 1 is 1.38 bits per heavy atom. The Bertz CT molecular complexity index is 544. The molecule has 120 valence electrons. The van der Waals surface area contributed by atoms with Gasteiger partial charge in [-0.1, -0.05) is 26.2 Å². The highest BCUT2D eigenvalue weighted by Crippen LogP contribution is 2.29. The molecule has 2 atom stereocenters. The Morgan fingerprint density at radius 2 is 2.10 bits per heavy atom. The normalized spacial score (nSPS) is 23.4. The smallest absolute Gasteiger partial charge is 0.242 e. The zero-order valence-corrected chi connectivity index (χ0v) is 13.7. The van der Waals surface area contributed by atoms with Gasteiger partial charge in [0.15, 0.2) is 0 Å². The summed E-state index contributed by atoms with van der Waals surface area (Å²) in [6.07, 6.45) is 6.33. The molecule has 0 amide bonds. The lowest BCUT2D eigenvalue weighted by Crippen LogP contribution is -2.33. The van der Waals surface area contributed by atoms with Crippen LogP contribution in [0.3, 0.4) is 0 Å². The lowest BCUT2D eigenvalue weighted by atomic mass is 9.81. The Labute approximate surface area is 127 Å². The zero-order chi connectivity index (χ0) is 15.5. The summed E-state index contributed by atoms with van der Waals surface area (Å²) < 4.78 is 29.2. The Kier molecular flexibility index (Phi) is 5.46. The number of nitrogens with one attached hydrogen (secondary N) is 1. The van der Waals surface area contributed by atoms with Crippen molar-refractivity contribution in [1.82, 2.24) is 9.29 Å². The molecule has 1 aromatic rings. The number of aromatic nitrogens is 1. The van der Waals surface area contributed by atoms with Gasteiger partial charge >= 0.3 is 0 Å². The van der Waals surface area contributed by atoms with Gasteiger partial charge in [-0.3, -0.25) is 0 Å². The topological polar surface area (TPSA) is 71.3 Å². The molecule has 1 aliphatic rings. The van der Waals surface area contributed by atoms with E-state index in [0.717, 1.165) is 6.42 Å². The van der Waals surface area contributed by atoms with Gasteiger partial charge in [0.05, 0.1) is 11.5 Å². The molecule has 1 fully saturated rings. The fourth-order valence-electron chi connectivity index (χ4n) is 3.10. The van der Waals surface area contributed by atoms with Crippen molar-refractivity contribution in [2.24, 2.45) is 11.8 Å². The molecular weight excluding hydrogens is 288 g/mol. The van der Waals surface area contributed by atoms with Gasteiger partial charge in [-0.15, -0.1) is 0 Å². The van der Waals surface area contributed by atoms with Crippen LogP contribution in [0.4, 0.5) is 0 Å². The van der Waals surface area contributed by atoms with Crippen LogP contribution in [-0.4, -0.2) is 24.6 Å². The molecule has 0 aromatic carbocycles. The monoisotopic (exact) mass is 314 g/mol. The third-order valence-electron chi connectivity index (χ3n) is 4.60. The lowest BCUT2D eigenvalue weighted by molar-refractivity contribution is 0.257. The SMILES string of the molecule is CCn1cc(S(=O)(=O)NCC2CCCCC2C)cc1CO. The van der Waals surface area contributed by atoms with Gasteiger partial charge in [0.2, 0.25) is 10.0 Å². The molecule has 6 heteroatoms. The predicted molar refractivity (Wildman–Crippen MR) is 82.3 cm³/mol. The molecule has 0 aliphatic heterocycles. The summed E-state index contributed by atoms with van der Waals surface area (Å²) >= 11 is 0. The van der Waals surface area contributed by atoms with E-state index in [9.17, 15) is 13.5 Å². The van der Waals surface area contributed by atoms with E-state index in [1.54, 1.807) is 16.8 Å². The van der Waals surface area contributed by atoms with E-state index in [1.807, 2.05) is 6.92 Å². The Morgan fingerprint density at radius 3 is 2.67 bits per heavy atom. The van der Waals surface area contributed by atoms with Gasteiger partial charge in [-0.2, -0.15) is 0 Å². The van der Waals surface area contributed by atoms with Gasteiger partial charge < -0.3 is 9.67 Å². The average Bonchev–Trinajstić information content (AvgIpc) is 2.90. The van der Waals surface area contributed by atoms with Crippen molar-refractivity contribution in [3.8, 4) is 0 Å². The second-order valence-corrected chi connectivity index (χ2v) is 7.75. The summed E-state index contributed by atoms with van der Waals surface area (Å²) in [6, 6.07) is 1.55. The highest BCUT2D eigenvalue weighted by molar-refractivity contribution is 7.89. The minimum atomic E-state index is -3.49. The van der Waals surface area contributed by atoms with Gasteiger partial charge in [0, 0.05) is 25.0 Å². The fraction of sp³-hybridized carbons (Fsp3) is 0.733. The number of aliphatic hydroxyl groups is 1. The van der Waals surface area contributed by atoms with E-state index in [2.05, 4.69) is 11.6 Å². The third-order valence-corrected chi connectivity index (χ3v) is 5.99. The molecule has 2 N–H and O–H groups in total. The van der Waals surface area contributed by atoms with Crippen LogP contribution in [0.1, 0.15) is 45.2 Å². The largest absolute Gasteiger partial charge is 0.390 e. The molecule has 1 aromatic heterocycles. The van der Waals surface area contributed by atoms with Crippen molar-refractivity contribution in [2.45, 2.75) is 57.6 Å². The van der Waals surface area contributed by atoms with E-state index in [0.29, 0.717) is 30.6 Å². The first-order valence-electron chi connectivity index (χ1n) is 7.77. The molecule has 0 radical (unpaired) electrons. The fourth-order valence-corrected chi connectivity index (χ4v) is 4.25. The average molecular weight is 314 g/mol. The molecule has 0 spiro atoms. The number of rotatable bonds is 6. The molecule has 1 heterocycles. The number of aryl methyl sites for hydroxylation is 1. The maximum Gasteiger partial charge on any atom is 0.242 e. The van der Waals surface area contributed by atoms with Gasteiger partial charge in [0.25, 0.3) is 0 Å². The van der Waals surface area contributed by atoms with Crippen molar-refractivity contribution in [3.63, 3.8) is 0 Å². The molecule has 1 aliphatic carbocycles. The number of aliphatic hydroxyl groups excluding tert-OH is 1. The maximum absolute atomic E-state index is 12.4. The van der Waals surface area contributed by atoms with Crippen LogP contribution in [0.5, 0.6) is 0 Å². The molecule has 0 bridgehead atoms. The highest BCUT2D eigenvalue weighted by Gasteiger charge is 2.24. The summed E-state index contributed by atoms with van der Waals surface area (Å²) in [4.78, 5) is 0.247. The molecule has 2 unspecified atom stereocenters. The maximum atomic E-state index is 12.4. The van der Waals surface area contributed by atoms with E-state index in [1.165, 1.54) is 19.3 Å². The number of nitrogens with zero attached hydrogens (tertiary/aromatic N) is 1. The number of sulfonamides is 1. The van der Waals surface area contributed by atoms with E-state index in [4.69, 9.17) is 0 Å². The molecule has 5 nitrogen and oxygen atoms in total. The summed E-state index contributed by atoms with van der Waals surface area (Å²) in [5.74, 6) is 1.01. The second-order valence-electron chi connectivity index (χ2n) is 5.98. The first-order valence-corrected chi connectivity index (χ1v) is 9.25. The Balaban J connectivity index is 2.06. The minimum absolute atomic E-state index is 0.150. The van der Waals surface area contributed by atoms with Crippen molar-refractivity contribution in [2.75, 3.05) is 6.54 Å². The Hall–Kier alpha value is -0.850. The summed E-state index contributed by atoms with van der Waals surface area (Å²) in [7, 11) is -3.49. The van der Waals surface area contributed by atoms with Crippen LogP contribution in [0.25, 0.3) is 0 Å².